The Labute approximate surface area is 184 Å². The van der Waals surface area contributed by atoms with Crippen LogP contribution < -0.4 is 14.8 Å². The van der Waals surface area contributed by atoms with Gasteiger partial charge in [0.15, 0.2) is 11.5 Å². The average molecular weight is 438 g/mol. The second-order valence-electron chi connectivity index (χ2n) is 6.44. The first kappa shape index (κ1) is 26.1. The lowest BCUT2D eigenvalue weighted by Crippen LogP contribution is -2.26. The van der Waals surface area contributed by atoms with Gasteiger partial charge in [-0.15, -0.1) is 0 Å². The first-order chi connectivity index (χ1) is 14.6. The molecule has 0 amide bonds. The van der Waals surface area contributed by atoms with Gasteiger partial charge in [-0.1, -0.05) is 32.0 Å². The predicted octanol–water partition coefficient (Wildman–Crippen LogP) is 4.48. The van der Waals surface area contributed by atoms with Crippen molar-refractivity contribution in [2.75, 3.05) is 33.8 Å². The topological polar surface area (TPSA) is 80.2 Å². The molecule has 2 atom stereocenters. The van der Waals surface area contributed by atoms with Gasteiger partial charge in [-0.3, -0.25) is 0 Å². The van der Waals surface area contributed by atoms with E-state index in [4.69, 9.17) is 18.8 Å². The van der Waals surface area contributed by atoms with Crippen molar-refractivity contribution in [2.24, 2.45) is 5.92 Å². The van der Waals surface area contributed by atoms with Crippen LogP contribution in [0.25, 0.3) is 0 Å². The molecular formula is C23H35NO5S. The summed E-state index contributed by atoms with van der Waals surface area (Å²) >= 11 is 1.42. The van der Waals surface area contributed by atoms with Gasteiger partial charge >= 0.3 is 0 Å². The minimum Gasteiger partial charge on any atom is -0.508 e. The molecule has 3 N–H and O–H groups in total. The zero-order valence-corrected chi connectivity index (χ0v) is 19.6. The number of aromatic hydroxyl groups is 1. The zero-order valence-electron chi connectivity index (χ0n) is 18.8. The van der Waals surface area contributed by atoms with Crippen LogP contribution in [0.2, 0.25) is 0 Å². The number of phenolic OH excluding ortho intramolecular Hbond substituents is 1. The van der Waals surface area contributed by atoms with Gasteiger partial charge in [0.25, 0.3) is 0 Å². The van der Waals surface area contributed by atoms with E-state index in [1.54, 1.807) is 20.3 Å². The molecule has 2 unspecified atom stereocenters. The van der Waals surface area contributed by atoms with Crippen LogP contribution in [-0.2, 0) is 10.6 Å². The second kappa shape index (κ2) is 14.1. The standard InChI is InChI=1S/C20H25NO4S.C2H6.CH4O/c1-13-4-5-14(17(22)8-13)9-16-11-21-12-26-25-20(16)15-6-7-18(23-2)19(10-15)24-3;2*1-2/h4-8,10,16,20-22H,9,11-12H2,1-3H3;1-2H3;2H,1H3. The molecule has 3 rings (SSSR count). The van der Waals surface area contributed by atoms with Crippen molar-refractivity contribution in [1.82, 2.24) is 5.32 Å². The van der Waals surface area contributed by atoms with Crippen molar-refractivity contribution in [2.45, 2.75) is 33.3 Å². The Kier molecular flexibility index (Phi) is 12.3. The molecule has 0 aromatic heterocycles. The Morgan fingerprint density at radius 3 is 2.40 bits per heavy atom. The Bertz CT molecular complexity index is 756. The summed E-state index contributed by atoms with van der Waals surface area (Å²) in [6.07, 6.45) is 0.606. The number of aryl methyl sites for hydroxylation is 1. The van der Waals surface area contributed by atoms with Gasteiger partial charge in [-0.05, 0) is 48.2 Å². The molecule has 6 nitrogen and oxygen atoms in total. The highest BCUT2D eigenvalue weighted by Gasteiger charge is 2.28. The highest BCUT2D eigenvalue weighted by molar-refractivity contribution is 7.94. The third kappa shape index (κ3) is 7.09. The van der Waals surface area contributed by atoms with Gasteiger partial charge in [0.2, 0.25) is 0 Å². The maximum atomic E-state index is 10.3. The van der Waals surface area contributed by atoms with Crippen LogP contribution in [0.5, 0.6) is 17.2 Å². The summed E-state index contributed by atoms with van der Waals surface area (Å²) in [5.41, 5.74) is 3.02. The molecule has 7 heteroatoms. The van der Waals surface area contributed by atoms with E-state index in [1.807, 2.05) is 51.1 Å². The highest BCUT2D eigenvalue weighted by atomic mass is 32.2. The van der Waals surface area contributed by atoms with Crippen molar-refractivity contribution in [3.05, 3.63) is 53.1 Å². The number of aliphatic hydroxyl groups is 1. The minimum atomic E-state index is -0.115. The van der Waals surface area contributed by atoms with E-state index in [-0.39, 0.29) is 12.0 Å². The third-order valence-corrected chi connectivity index (χ3v) is 5.29. The molecule has 1 aliphatic rings. The Morgan fingerprint density at radius 1 is 1.07 bits per heavy atom. The monoisotopic (exact) mass is 437 g/mol. The molecule has 1 fully saturated rings. The number of ether oxygens (including phenoxy) is 2. The maximum absolute atomic E-state index is 10.3. The number of hydrogen-bond donors (Lipinski definition) is 3. The summed E-state index contributed by atoms with van der Waals surface area (Å²) in [6.45, 7) is 6.78. The van der Waals surface area contributed by atoms with E-state index in [2.05, 4.69) is 5.32 Å². The van der Waals surface area contributed by atoms with Crippen LogP contribution in [0.1, 0.15) is 36.6 Å². The van der Waals surface area contributed by atoms with Crippen LogP contribution in [0.3, 0.4) is 0 Å². The lowest BCUT2D eigenvalue weighted by molar-refractivity contribution is 0.170. The summed E-state index contributed by atoms with van der Waals surface area (Å²) in [5.74, 6) is 2.64. The largest absolute Gasteiger partial charge is 0.508 e. The molecule has 0 radical (unpaired) electrons. The Hall–Kier alpha value is -1.93. The van der Waals surface area contributed by atoms with Gasteiger partial charge in [-0.25, -0.2) is 0 Å². The van der Waals surface area contributed by atoms with E-state index >= 15 is 0 Å². The van der Waals surface area contributed by atoms with E-state index in [1.165, 1.54) is 12.0 Å². The van der Waals surface area contributed by atoms with E-state index in [0.717, 1.165) is 42.6 Å². The fourth-order valence-corrected chi connectivity index (χ4v) is 3.93. The normalized spacial score (nSPS) is 18.1. The third-order valence-electron chi connectivity index (χ3n) is 4.63. The van der Waals surface area contributed by atoms with Gasteiger partial charge < -0.3 is 29.2 Å². The predicted molar refractivity (Wildman–Crippen MR) is 123 cm³/mol. The molecule has 1 aliphatic heterocycles. The van der Waals surface area contributed by atoms with E-state index in [0.29, 0.717) is 17.2 Å². The summed E-state index contributed by atoms with van der Waals surface area (Å²) in [6, 6.07) is 11.7. The number of methoxy groups -OCH3 is 2. The van der Waals surface area contributed by atoms with Crippen LogP contribution in [0, 0.1) is 12.8 Å². The fourth-order valence-electron chi connectivity index (χ4n) is 3.24. The van der Waals surface area contributed by atoms with Gasteiger partial charge in [-0.2, -0.15) is 0 Å². The van der Waals surface area contributed by atoms with Crippen molar-refractivity contribution in [1.29, 1.82) is 0 Å². The zero-order chi connectivity index (χ0) is 22.5. The maximum Gasteiger partial charge on any atom is 0.161 e. The smallest absolute Gasteiger partial charge is 0.161 e. The lowest BCUT2D eigenvalue weighted by atomic mass is 9.89. The van der Waals surface area contributed by atoms with Crippen LogP contribution >= 0.6 is 12.0 Å². The number of phenols is 1. The second-order valence-corrected chi connectivity index (χ2v) is 7.16. The van der Waals surface area contributed by atoms with E-state index in [9.17, 15) is 5.11 Å². The Morgan fingerprint density at radius 2 is 1.77 bits per heavy atom. The summed E-state index contributed by atoms with van der Waals surface area (Å²) in [5, 5.41) is 20.7. The molecular weight excluding hydrogens is 402 g/mol. The summed E-state index contributed by atoms with van der Waals surface area (Å²) in [4.78, 5) is 0. The van der Waals surface area contributed by atoms with Crippen LogP contribution in [0.15, 0.2) is 36.4 Å². The van der Waals surface area contributed by atoms with Crippen LogP contribution in [0.4, 0.5) is 0 Å². The van der Waals surface area contributed by atoms with E-state index < -0.39 is 0 Å². The first-order valence-electron chi connectivity index (χ1n) is 10.1. The van der Waals surface area contributed by atoms with Crippen molar-refractivity contribution in [3.63, 3.8) is 0 Å². The number of hydrogen-bond acceptors (Lipinski definition) is 7. The molecule has 0 saturated carbocycles. The molecule has 2 aromatic carbocycles. The van der Waals surface area contributed by atoms with Crippen LogP contribution in [-0.4, -0.2) is 44.0 Å². The SMILES string of the molecule is CC.CO.COc1ccc(C2OSCNCC2Cc2ccc(C)cc2O)cc1OC. The molecule has 1 heterocycles. The first-order valence-corrected chi connectivity index (χ1v) is 11.0. The lowest BCUT2D eigenvalue weighted by Gasteiger charge is -2.25. The molecule has 0 spiro atoms. The fraction of sp³-hybridized carbons (Fsp3) is 0.478. The molecule has 2 aromatic rings. The van der Waals surface area contributed by atoms with Crippen molar-refractivity contribution < 1.29 is 23.9 Å². The molecule has 168 valence electrons. The number of rotatable bonds is 5. The van der Waals surface area contributed by atoms with Gasteiger partial charge in [0, 0.05) is 31.6 Å². The molecule has 1 saturated heterocycles. The number of aliphatic hydroxyl groups excluding tert-OH is 1. The van der Waals surface area contributed by atoms with Crippen molar-refractivity contribution in [3.8, 4) is 17.2 Å². The average Bonchev–Trinajstić information content (AvgIpc) is 3.03. The van der Waals surface area contributed by atoms with Gasteiger partial charge in [0.05, 0.1) is 20.1 Å². The highest BCUT2D eigenvalue weighted by Crippen LogP contribution is 2.39. The summed E-state index contributed by atoms with van der Waals surface area (Å²) in [7, 11) is 4.26. The molecule has 0 bridgehead atoms. The van der Waals surface area contributed by atoms with Crippen molar-refractivity contribution >= 4 is 12.0 Å². The number of benzene rings is 2. The summed E-state index contributed by atoms with van der Waals surface area (Å²) < 4.78 is 16.9. The Balaban J connectivity index is 0.00000106. The quantitative estimate of drug-likeness (QED) is 0.595. The minimum absolute atomic E-state index is 0.115. The van der Waals surface area contributed by atoms with Gasteiger partial charge in [0.1, 0.15) is 11.9 Å². The molecule has 0 aliphatic carbocycles. The molecule has 30 heavy (non-hydrogen) atoms. The number of nitrogens with one attached hydrogen (secondary N) is 1.